The van der Waals surface area contributed by atoms with E-state index in [1.807, 2.05) is 19.1 Å². The van der Waals surface area contributed by atoms with E-state index in [1.54, 1.807) is 6.92 Å². The van der Waals surface area contributed by atoms with Crippen LogP contribution in [0.5, 0.6) is 0 Å². The molecular formula is C18H21NO5S. The molecule has 134 valence electrons. The van der Waals surface area contributed by atoms with Crippen molar-refractivity contribution in [3.63, 3.8) is 0 Å². The van der Waals surface area contributed by atoms with E-state index < -0.39 is 23.8 Å². The minimum atomic E-state index is -0.939. The highest BCUT2D eigenvalue weighted by Crippen LogP contribution is 2.46. The minimum Gasteiger partial charge on any atom is -0.481 e. The molecular weight excluding hydrogens is 342 g/mol. The number of allylic oxidation sites excluding steroid dienone is 2. The van der Waals surface area contributed by atoms with Crippen molar-refractivity contribution in [3.05, 3.63) is 28.2 Å². The Kier molecular flexibility index (Phi) is 4.69. The van der Waals surface area contributed by atoms with Gasteiger partial charge in [-0.15, -0.1) is 11.3 Å². The fourth-order valence-corrected chi connectivity index (χ4v) is 5.00. The van der Waals surface area contributed by atoms with Crippen molar-refractivity contribution in [3.8, 4) is 0 Å². The first-order chi connectivity index (χ1) is 11.8. The molecule has 4 atom stereocenters. The zero-order valence-corrected chi connectivity index (χ0v) is 15.2. The van der Waals surface area contributed by atoms with Crippen molar-refractivity contribution < 1.29 is 24.2 Å². The molecule has 0 spiro atoms. The van der Waals surface area contributed by atoms with Crippen LogP contribution in [0.15, 0.2) is 12.2 Å². The van der Waals surface area contributed by atoms with E-state index >= 15 is 0 Å². The van der Waals surface area contributed by atoms with Crippen LogP contribution in [0.3, 0.4) is 0 Å². The van der Waals surface area contributed by atoms with Crippen LogP contribution in [-0.4, -0.2) is 30.1 Å². The summed E-state index contributed by atoms with van der Waals surface area (Å²) in [5.74, 6) is -3.29. The van der Waals surface area contributed by atoms with Gasteiger partial charge in [0.25, 0.3) is 0 Å². The van der Waals surface area contributed by atoms with Crippen molar-refractivity contribution in [1.82, 2.24) is 0 Å². The number of hydrogen-bond donors (Lipinski definition) is 2. The van der Waals surface area contributed by atoms with E-state index in [9.17, 15) is 19.5 Å². The summed E-state index contributed by atoms with van der Waals surface area (Å²) in [6, 6.07) is 0. The second-order valence-corrected chi connectivity index (χ2v) is 7.87. The first-order valence-corrected chi connectivity index (χ1v) is 9.07. The number of carboxylic acid groups (broad SMARTS) is 1. The molecule has 4 rings (SSSR count). The summed E-state index contributed by atoms with van der Waals surface area (Å²) in [5, 5.41) is 12.8. The normalized spacial score (nSPS) is 27.2. The number of methoxy groups -OCH3 is 1. The first kappa shape index (κ1) is 17.7. The molecule has 0 aromatic carbocycles. The number of amides is 1. The molecule has 0 saturated heterocycles. The van der Waals surface area contributed by atoms with E-state index in [2.05, 4.69) is 5.32 Å². The molecule has 0 aliphatic heterocycles. The minimum absolute atomic E-state index is 0.0742. The van der Waals surface area contributed by atoms with Crippen LogP contribution in [0.25, 0.3) is 0 Å². The Morgan fingerprint density at radius 2 is 1.76 bits per heavy atom. The zero-order valence-electron chi connectivity index (χ0n) is 14.4. The molecule has 2 bridgehead atoms. The molecule has 1 aromatic rings. The number of carbonyl (C=O) groups excluding carboxylic acids is 2. The van der Waals surface area contributed by atoms with E-state index in [-0.39, 0.29) is 17.7 Å². The quantitative estimate of drug-likeness (QED) is 0.634. The van der Waals surface area contributed by atoms with Crippen molar-refractivity contribution >= 4 is 34.2 Å². The highest BCUT2D eigenvalue weighted by molar-refractivity contribution is 7.16. The summed E-state index contributed by atoms with van der Waals surface area (Å²) in [5.41, 5.74) is 1.12. The van der Waals surface area contributed by atoms with Gasteiger partial charge in [0.15, 0.2) is 0 Å². The number of hydrogen-bond acceptors (Lipinski definition) is 5. The maximum Gasteiger partial charge on any atom is 0.341 e. The first-order valence-electron chi connectivity index (χ1n) is 8.25. The van der Waals surface area contributed by atoms with Gasteiger partial charge >= 0.3 is 11.9 Å². The summed E-state index contributed by atoms with van der Waals surface area (Å²) >= 11 is 1.31. The smallest absolute Gasteiger partial charge is 0.341 e. The fraction of sp³-hybridized carbons (Fsp3) is 0.500. The Morgan fingerprint density at radius 3 is 2.28 bits per heavy atom. The van der Waals surface area contributed by atoms with Gasteiger partial charge in [-0.3, -0.25) is 9.59 Å². The number of aryl methyl sites for hydroxylation is 1. The lowest BCUT2D eigenvalue weighted by atomic mass is 9.62. The summed E-state index contributed by atoms with van der Waals surface area (Å²) in [6.07, 6.45) is 5.50. The predicted octanol–water partition coefficient (Wildman–Crippen LogP) is 3.00. The Labute approximate surface area is 149 Å². The second-order valence-electron chi connectivity index (χ2n) is 6.65. The number of aliphatic carboxylic acids is 1. The average molecular weight is 363 g/mol. The number of fused-ring (bicyclic) bond motifs is 2. The highest BCUT2D eigenvalue weighted by Gasteiger charge is 2.48. The monoisotopic (exact) mass is 363 g/mol. The van der Waals surface area contributed by atoms with Gasteiger partial charge in [-0.25, -0.2) is 4.79 Å². The second kappa shape index (κ2) is 6.63. The van der Waals surface area contributed by atoms with Crippen molar-refractivity contribution in [2.24, 2.45) is 23.7 Å². The van der Waals surface area contributed by atoms with Gasteiger partial charge in [-0.2, -0.15) is 0 Å². The third-order valence-corrected chi connectivity index (χ3v) is 6.47. The number of ether oxygens (including phenoxy) is 1. The topological polar surface area (TPSA) is 92.7 Å². The number of carboxylic acids is 1. The van der Waals surface area contributed by atoms with Gasteiger partial charge in [0.1, 0.15) is 5.00 Å². The predicted molar refractivity (Wildman–Crippen MR) is 93.7 cm³/mol. The summed E-state index contributed by atoms with van der Waals surface area (Å²) in [7, 11) is 1.30. The van der Waals surface area contributed by atoms with Gasteiger partial charge in [0.2, 0.25) is 5.91 Å². The lowest BCUT2D eigenvalue weighted by Gasteiger charge is -2.41. The SMILES string of the molecule is COC(=O)c1c(NC(=O)[C@H]2[C@H](C(=O)O)[C@H]3C=C[C@H]2CC3)sc(C)c1C. The van der Waals surface area contributed by atoms with Crippen LogP contribution in [-0.2, 0) is 14.3 Å². The van der Waals surface area contributed by atoms with Crippen LogP contribution in [0, 0.1) is 37.5 Å². The molecule has 1 fully saturated rings. The van der Waals surface area contributed by atoms with Crippen LogP contribution in [0.1, 0.15) is 33.6 Å². The molecule has 1 saturated carbocycles. The number of nitrogens with one attached hydrogen (secondary N) is 1. The molecule has 1 amide bonds. The Morgan fingerprint density at radius 1 is 1.16 bits per heavy atom. The number of rotatable bonds is 4. The molecule has 3 aliphatic carbocycles. The highest BCUT2D eigenvalue weighted by atomic mass is 32.1. The maximum absolute atomic E-state index is 12.9. The summed E-state index contributed by atoms with van der Waals surface area (Å²) in [6.45, 7) is 3.67. The molecule has 6 nitrogen and oxygen atoms in total. The van der Waals surface area contributed by atoms with Crippen molar-refractivity contribution in [2.75, 3.05) is 12.4 Å². The molecule has 7 heteroatoms. The lowest BCUT2D eigenvalue weighted by Crippen LogP contribution is -2.47. The molecule has 3 aliphatic rings. The molecule has 2 N–H and O–H groups in total. The van der Waals surface area contributed by atoms with Crippen molar-refractivity contribution in [1.29, 1.82) is 0 Å². The number of carbonyl (C=O) groups is 3. The van der Waals surface area contributed by atoms with E-state index in [4.69, 9.17) is 4.74 Å². The summed E-state index contributed by atoms with van der Waals surface area (Å²) in [4.78, 5) is 37.6. The average Bonchev–Trinajstić information content (AvgIpc) is 2.88. The van der Waals surface area contributed by atoms with Gasteiger partial charge in [0, 0.05) is 4.88 Å². The Bertz CT molecular complexity index is 766. The molecule has 0 unspecified atom stereocenters. The van der Waals surface area contributed by atoms with Crippen LogP contribution in [0.2, 0.25) is 0 Å². The number of esters is 1. The van der Waals surface area contributed by atoms with Crippen LogP contribution >= 0.6 is 11.3 Å². The number of thiophene rings is 1. The molecule has 1 heterocycles. The standard InChI is InChI=1S/C18H21NO5S/c1-8-9(2)25-16(12(8)18(23)24-3)19-15(20)13-10-4-6-11(7-5-10)14(13)17(21)22/h4,6,10-11,13-14H,5,7H2,1-3H3,(H,19,20)(H,21,22)/t10-,11-,13+,14+/m0/s1. The van der Waals surface area contributed by atoms with Crippen molar-refractivity contribution in [2.45, 2.75) is 26.7 Å². The summed E-state index contributed by atoms with van der Waals surface area (Å²) < 4.78 is 4.82. The Balaban J connectivity index is 1.90. The number of anilines is 1. The molecule has 1 aromatic heterocycles. The van der Waals surface area contributed by atoms with Gasteiger partial charge < -0.3 is 15.2 Å². The van der Waals surface area contributed by atoms with E-state index in [1.165, 1.54) is 18.4 Å². The van der Waals surface area contributed by atoms with Gasteiger partial charge in [0.05, 0.1) is 24.5 Å². The van der Waals surface area contributed by atoms with Crippen LogP contribution in [0.4, 0.5) is 5.00 Å². The third-order valence-electron chi connectivity index (χ3n) is 5.35. The third kappa shape index (κ3) is 2.97. The largest absolute Gasteiger partial charge is 0.481 e. The Hall–Kier alpha value is -2.15. The fourth-order valence-electron chi connectivity index (χ4n) is 3.95. The van der Waals surface area contributed by atoms with Gasteiger partial charge in [-0.1, -0.05) is 12.2 Å². The lowest BCUT2D eigenvalue weighted by molar-refractivity contribution is -0.151. The molecule has 25 heavy (non-hydrogen) atoms. The van der Waals surface area contributed by atoms with Crippen LogP contribution < -0.4 is 5.32 Å². The van der Waals surface area contributed by atoms with Gasteiger partial charge in [-0.05, 0) is 44.1 Å². The maximum atomic E-state index is 12.9. The zero-order chi connectivity index (χ0) is 18.3. The molecule has 0 radical (unpaired) electrons. The van der Waals surface area contributed by atoms with E-state index in [0.717, 1.165) is 23.3 Å². The van der Waals surface area contributed by atoms with E-state index in [0.29, 0.717) is 10.6 Å².